The molecule has 0 amide bonds. The second kappa shape index (κ2) is 5.51. The standard InChI is InChI=1S/C18H23N3O/c19-18(9-3-4-10-18)17-20-16(22-21-17)12-13-7-8-14-5-1-2-6-15(14)11-13/h1-2,5-6,13H,3-4,7-12,19H2. The van der Waals surface area contributed by atoms with Gasteiger partial charge in [0.15, 0.2) is 5.82 Å². The van der Waals surface area contributed by atoms with E-state index >= 15 is 0 Å². The zero-order chi connectivity index (χ0) is 15.0. The number of fused-ring (bicyclic) bond motifs is 1. The molecule has 2 N–H and O–H groups in total. The zero-order valence-corrected chi connectivity index (χ0v) is 12.9. The van der Waals surface area contributed by atoms with Gasteiger partial charge in [0.1, 0.15) is 0 Å². The normalized spacial score (nSPS) is 23.4. The van der Waals surface area contributed by atoms with Gasteiger partial charge in [-0.3, -0.25) is 0 Å². The third kappa shape index (κ3) is 2.56. The van der Waals surface area contributed by atoms with E-state index in [1.807, 2.05) is 0 Å². The topological polar surface area (TPSA) is 64.9 Å². The molecule has 0 saturated heterocycles. The predicted molar refractivity (Wildman–Crippen MR) is 84.3 cm³/mol. The lowest BCUT2D eigenvalue weighted by Gasteiger charge is -2.23. The second-order valence-corrected chi connectivity index (χ2v) is 6.96. The predicted octanol–water partition coefficient (Wildman–Crippen LogP) is 3.15. The van der Waals surface area contributed by atoms with Crippen LogP contribution >= 0.6 is 0 Å². The molecule has 0 radical (unpaired) electrons. The fourth-order valence-electron chi connectivity index (χ4n) is 3.96. The van der Waals surface area contributed by atoms with Gasteiger partial charge in [0.05, 0.1) is 5.54 Å². The molecule has 1 fully saturated rings. The number of hydrogen-bond acceptors (Lipinski definition) is 4. The largest absolute Gasteiger partial charge is 0.339 e. The van der Waals surface area contributed by atoms with Gasteiger partial charge in [-0.25, -0.2) is 0 Å². The van der Waals surface area contributed by atoms with Crippen LogP contribution in [0.15, 0.2) is 28.8 Å². The average molecular weight is 297 g/mol. The van der Waals surface area contributed by atoms with Crippen LogP contribution in [0.3, 0.4) is 0 Å². The van der Waals surface area contributed by atoms with Crippen LogP contribution in [-0.4, -0.2) is 10.1 Å². The minimum absolute atomic E-state index is 0.346. The zero-order valence-electron chi connectivity index (χ0n) is 12.9. The third-order valence-electron chi connectivity index (χ3n) is 5.32. The Labute approximate surface area is 131 Å². The van der Waals surface area contributed by atoms with Gasteiger partial charge in [-0.2, -0.15) is 4.98 Å². The van der Waals surface area contributed by atoms with E-state index in [9.17, 15) is 0 Å². The molecule has 1 unspecified atom stereocenters. The highest BCUT2D eigenvalue weighted by Gasteiger charge is 2.36. The molecule has 116 valence electrons. The summed E-state index contributed by atoms with van der Waals surface area (Å²) in [5, 5.41) is 4.17. The number of rotatable bonds is 3. The molecule has 2 aliphatic rings. The molecule has 1 atom stereocenters. The highest BCUT2D eigenvalue weighted by molar-refractivity contribution is 5.29. The first-order valence-electron chi connectivity index (χ1n) is 8.42. The maximum Gasteiger partial charge on any atom is 0.227 e. The summed E-state index contributed by atoms with van der Waals surface area (Å²) in [4.78, 5) is 4.61. The van der Waals surface area contributed by atoms with E-state index in [2.05, 4.69) is 34.4 Å². The van der Waals surface area contributed by atoms with E-state index in [1.165, 1.54) is 30.4 Å². The molecule has 1 aromatic heterocycles. The van der Waals surface area contributed by atoms with Crippen molar-refractivity contribution in [3.05, 3.63) is 47.1 Å². The Balaban J connectivity index is 1.45. The minimum atomic E-state index is -0.346. The van der Waals surface area contributed by atoms with Crippen LogP contribution in [0.1, 0.15) is 54.9 Å². The molecule has 0 aliphatic heterocycles. The van der Waals surface area contributed by atoms with Gasteiger partial charge in [-0.15, -0.1) is 0 Å². The van der Waals surface area contributed by atoms with Crippen molar-refractivity contribution in [3.8, 4) is 0 Å². The van der Waals surface area contributed by atoms with E-state index in [1.54, 1.807) is 0 Å². The third-order valence-corrected chi connectivity index (χ3v) is 5.32. The fraction of sp³-hybridized carbons (Fsp3) is 0.556. The second-order valence-electron chi connectivity index (χ2n) is 6.96. The molecule has 22 heavy (non-hydrogen) atoms. The summed E-state index contributed by atoms with van der Waals surface area (Å²) < 4.78 is 5.49. The lowest BCUT2D eigenvalue weighted by atomic mass is 9.82. The monoisotopic (exact) mass is 297 g/mol. The Morgan fingerprint density at radius 1 is 1.18 bits per heavy atom. The molecule has 2 aliphatic carbocycles. The summed E-state index contributed by atoms with van der Waals surface area (Å²) in [6.07, 6.45) is 8.62. The van der Waals surface area contributed by atoms with Crippen molar-refractivity contribution in [2.24, 2.45) is 11.7 Å². The molecule has 1 saturated carbocycles. The molecule has 4 heteroatoms. The molecule has 0 spiro atoms. The van der Waals surface area contributed by atoms with Gasteiger partial charge < -0.3 is 10.3 Å². The van der Waals surface area contributed by atoms with Crippen LogP contribution in [0.2, 0.25) is 0 Å². The van der Waals surface area contributed by atoms with E-state index in [4.69, 9.17) is 10.3 Å². The van der Waals surface area contributed by atoms with Crippen molar-refractivity contribution in [3.63, 3.8) is 0 Å². The van der Waals surface area contributed by atoms with Crippen LogP contribution in [0.5, 0.6) is 0 Å². The van der Waals surface area contributed by atoms with E-state index < -0.39 is 0 Å². The molecule has 4 nitrogen and oxygen atoms in total. The molecule has 4 rings (SSSR count). The van der Waals surface area contributed by atoms with E-state index in [0.717, 1.165) is 43.8 Å². The summed E-state index contributed by atoms with van der Waals surface area (Å²) in [6.45, 7) is 0. The Morgan fingerprint density at radius 3 is 2.77 bits per heavy atom. The number of aryl methyl sites for hydroxylation is 1. The van der Waals surface area contributed by atoms with Gasteiger partial charge in [0, 0.05) is 6.42 Å². The Kier molecular flexibility index (Phi) is 3.49. The minimum Gasteiger partial charge on any atom is -0.339 e. The highest BCUT2D eigenvalue weighted by Crippen LogP contribution is 2.35. The number of aromatic nitrogens is 2. The van der Waals surface area contributed by atoms with E-state index in [-0.39, 0.29) is 5.54 Å². The molecule has 0 bridgehead atoms. The van der Waals surface area contributed by atoms with Crippen LogP contribution in [0, 0.1) is 5.92 Å². The molecule has 1 aromatic carbocycles. The maximum atomic E-state index is 6.41. The maximum absolute atomic E-state index is 6.41. The van der Waals surface area contributed by atoms with Gasteiger partial charge >= 0.3 is 0 Å². The SMILES string of the molecule is NC1(c2noc(CC3CCc4ccccc4C3)n2)CCCC1. The first-order chi connectivity index (χ1) is 10.7. The Hall–Kier alpha value is -1.68. The first kappa shape index (κ1) is 13.9. The van der Waals surface area contributed by atoms with Gasteiger partial charge in [0.25, 0.3) is 0 Å². The number of nitrogens with two attached hydrogens (primary N) is 1. The number of hydrogen-bond donors (Lipinski definition) is 1. The van der Waals surface area contributed by atoms with Crippen LogP contribution < -0.4 is 5.73 Å². The lowest BCUT2D eigenvalue weighted by Crippen LogP contribution is -2.34. The summed E-state index contributed by atoms with van der Waals surface area (Å²) in [6, 6.07) is 8.75. The van der Waals surface area contributed by atoms with Crippen molar-refractivity contribution >= 4 is 0 Å². The Morgan fingerprint density at radius 2 is 1.95 bits per heavy atom. The number of nitrogens with zero attached hydrogens (tertiary/aromatic N) is 2. The average Bonchev–Trinajstić information content (AvgIpc) is 3.17. The quantitative estimate of drug-likeness (QED) is 0.945. The summed E-state index contributed by atoms with van der Waals surface area (Å²) in [5.41, 5.74) is 9.03. The molecular weight excluding hydrogens is 274 g/mol. The van der Waals surface area contributed by atoms with Crippen LogP contribution in [0.4, 0.5) is 0 Å². The number of benzene rings is 1. The molecular formula is C18H23N3O. The van der Waals surface area contributed by atoms with Crippen LogP contribution in [0.25, 0.3) is 0 Å². The Bertz CT molecular complexity index is 658. The van der Waals surface area contributed by atoms with Crippen molar-refractivity contribution in [1.82, 2.24) is 10.1 Å². The van der Waals surface area contributed by atoms with Gasteiger partial charge in [-0.1, -0.05) is 42.3 Å². The summed E-state index contributed by atoms with van der Waals surface area (Å²) in [5.74, 6) is 2.08. The van der Waals surface area contributed by atoms with Gasteiger partial charge in [0.2, 0.25) is 5.89 Å². The molecule has 1 heterocycles. The first-order valence-corrected chi connectivity index (χ1v) is 8.42. The van der Waals surface area contributed by atoms with E-state index in [0.29, 0.717) is 5.92 Å². The lowest BCUT2D eigenvalue weighted by molar-refractivity contribution is 0.325. The van der Waals surface area contributed by atoms with Crippen molar-refractivity contribution < 1.29 is 4.52 Å². The van der Waals surface area contributed by atoms with Gasteiger partial charge in [-0.05, 0) is 49.1 Å². The van der Waals surface area contributed by atoms with Crippen molar-refractivity contribution in [2.75, 3.05) is 0 Å². The highest BCUT2D eigenvalue weighted by atomic mass is 16.5. The van der Waals surface area contributed by atoms with Crippen LogP contribution in [-0.2, 0) is 24.8 Å². The van der Waals surface area contributed by atoms with Crippen molar-refractivity contribution in [1.29, 1.82) is 0 Å². The fourth-order valence-corrected chi connectivity index (χ4v) is 3.96. The molecule has 2 aromatic rings. The smallest absolute Gasteiger partial charge is 0.227 e. The summed E-state index contributed by atoms with van der Waals surface area (Å²) >= 11 is 0. The summed E-state index contributed by atoms with van der Waals surface area (Å²) in [7, 11) is 0. The van der Waals surface area contributed by atoms with Crippen molar-refractivity contribution in [2.45, 2.75) is 56.9 Å².